The van der Waals surface area contributed by atoms with Gasteiger partial charge in [-0.2, -0.15) is 0 Å². The van der Waals surface area contributed by atoms with Crippen molar-refractivity contribution in [3.8, 4) is 0 Å². The van der Waals surface area contributed by atoms with Crippen LogP contribution in [0.3, 0.4) is 0 Å². The number of hydrogen-bond donors (Lipinski definition) is 2. The molecule has 0 unspecified atom stereocenters. The molecule has 0 aliphatic carbocycles. The number of carbonyl (C=O) groups excluding carboxylic acids is 1. The van der Waals surface area contributed by atoms with Crippen LogP contribution in [0.1, 0.15) is 32.1 Å². The molecule has 0 atom stereocenters. The fourth-order valence-electron chi connectivity index (χ4n) is 2.75. The molecule has 2 fully saturated rings. The summed E-state index contributed by atoms with van der Waals surface area (Å²) in [6.07, 6.45) is 5.79. The number of rotatable bonds is 5. The van der Waals surface area contributed by atoms with Gasteiger partial charge in [0.25, 0.3) is 0 Å². The first-order chi connectivity index (χ1) is 8.36. The second-order valence-electron chi connectivity index (χ2n) is 5.22. The van der Waals surface area contributed by atoms with Gasteiger partial charge in [0.05, 0.1) is 0 Å². The van der Waals surface area contributed by atoms with Crippen LogP contribution in [0.25, 0.3) is 0 Å². The molecule has 0 aromatic carbocycles. The van der Waals surface area contributed by atoms with E-state index >= 15 is 0 Å². The van der Waals surface area contributed by atoms with Crippen molar-refractivity contribution < 1.29 is 4.79 Å². The first-order valence-corrected chi connectivity index (χ1v) is 7.07. The summed E-state index contributed by atoms with van der Waals surface area (Å²) < 4.78 is 0. The minimum atomic E-state index is 0.253. The van der Waals surface area contributed by atoms with Gasteiger partial charge in [-0.15, -0.1) is 0 Å². The molecule has 2 saturated heterocycles. The zero-order valence-corrected chi connectivity index (χ0v) is 10.7. The van der Waals surface area contributed by atoms with E-state index in [0.717, 1.165) is 45.4 Å². The van der Waals surface area contributed by atoms with Gasteiger partial charge in [0, 0.05) is 12.5 Å². The minimum Gasteiger partial charge on any atom is -0.356 e. The van der Waals surface area contributed by atoms with Gasteiger partial charge in [-0.05, 0) is 64.8 Å². The lowest BCUT2D eigenvalue weighted by molar-refractivity contribution is -0.125. The van der Waals surface area contributed by atoms with Gasteiger partial charge >= 0.3 is 0 Å². The van der Waals surface area contributed by atoms with Crippen LogP contribution in [0.15, 0.2) is 0 Å². The quantitative estimate of drug-likeness (QED) is 0.690. The Balaban J connectivity index is 1.53. The number of likely N-dealkylation sites (tertiary alicyclic amines) is 1. The second kappa shape index (κ2) is 6.97. The van der Waals surface area contributed by atoms with Crippen molar-refractivity contribution in [3.63, 3.8) is 0 Å². The highest BCUT2D eigenvalue weighted by Crippen LogP contribution is 2.11. The molecule has 0 bridgehead atoms. The SMILES string of the molecule is O=C(NCCCN1CCCC1)C1CCNCC1. The zero-order valence-electron chi connectivity index (χ0n) is 10.7. The Morgan fingerprint density at radius 3 is 2.65 bits per heavy atom. The van der Waals surface area contributed by atoms with E-state index < -0.39 is 0 Å². The lowest BCUT2D eigenvalue weighted by atomic mass is 9.97. The average Bonchev–Trinajstić information content (AvgIpc) is 2.88. The third kappa shape index (κ3) is 4.28. The number of hydrogen-bond acceptors (Lipinski definition) is 3. The van der Waals surface area contributed by atoms with Crippen molar-refractivity contribution in [2.45, 2.75) is 32.1 Å². The fourth-order valence-corrected chi connectivity index (χ4v) is 2.75. The molecule has 0 radical (unpaired) electrons. The van der Waals surface area contributed by atoms with Crippen molar-refractivity contribution in [2.75, 3.05) is 39.3 Å². The van der Waals surface area contributed by atoms with Crippen LogP contribution >= 0.6 is 0 Å². The number of amides is 1. The molecular formula is C13H25N3O. The van der Waals surface area contributed by atoms with Crippen LogP contribution in [-0.2, 0) is 4.79 Å². The Labute approximate surface area is 104 Å². The van der Waals surface area contributed by atoms with Crippen LogP contribution in [0.5, 0.6) is 0 Å². The Hall–Kier alpha value is -0.610. The number of piperidine rings is 1. The predicted molar refractivity (Wildman–Crippen MR) is 68.9 cm³/mol. The molecular weight excluding hydrogens is 214 g/mol. The van der Waals surface area contributed by atoms with Crippen molar-refractivity contribution in [3.05, 3.63) is 0 Å². The van der Waals surface area contributed by atoms with Crippen molar-refractivity contribution in [1.29, 1.82) is 0 Å². The summed E-state index contributed by atoms with van der Waals surface area (Å²) in [4.78, 5) is 14.3. The Kier molecular flexibility index (Phi) is 5.26. The molecule has 2 rings (SSSR count). The molecule has 4 nitrogen and oxygen atoms in total. The van der Waals surface area contributed by atoms with Gasteiger partial charge < -0.3 is 15.5 Å². The molecule has 0 aromatic rings. The van der Waals surface area contributed by atoms with E-state index in [9.17, 15) is 4.79 Å². The summed E-state index contributed by atoms with van der Waals surface area (Å²) in [5, 5.41) is 6.37. The minimum absolute atomic E-state index is 0.253. The van der Waals surface area contributed by atoms with E-state index in [1.165, 1.54) is 25.9 Å². The van der Waals surface area contributed by atoms with Gasteiger partial charge in [0.15, 0.2) is 0 Å². The maximum Gasteiger partial charge on any atom is 0.223 e. The third-order valence-electron chi connectivity index (χ3n) is 3.86. The average molecular weight is 239 g/mol. The van der Waals surface area contributed by atoms with Crippen LogP contribution in [-0.4, -0.2) is 50.1 Å². The standard InChI is InChI=1S/C13H25N3O/c17-13(12-4-7-14-8-5-12)15-6-3-11-16-9-1-2-10-16/h12,14H,1-11H2,(H,15,17). The van der Waals surface area contributed by atoms with Crippen molar-refractivity contribution in [1.82, 2.24) is 15.5 Å². The van der Waals surface area contributed by atoms with Gasteiger partial charge in [0.2, 0.25) is 5.91 Å². The fraction of sp³-hybridized carbons (Fsp3) is 0.923. The smallest absolute Gasteiger partial charge is 0.223 e. The van der Waals surface area contributed by atoms with E-state index in [2.05, 4.69) is 15.5 Å². The zero-order chi connectivity index (χ0) is 11.9. The number of nitrogens with one attached hydrogen (secondary N) is 2. The van der Waals surface area contributed by atoms with Gasteiger partial charge in [0.1, 0.15) is 0 Å². The summed E-state index contributed by atoms with van der Waals surface area (Å²) in [7, 11) is 0. The summed E-state index contributed by atoms with van der Waals surface area (Å²) in [5.74, 6) is 0.524. The van der Waals surface area contributed by atoms with E-state index in [1.54, 1.807) is 0 Å². The molecule has 4 heteroatoms. The van der Waals surface area contributed by atoms with E-state index in [1.807, 2.05) is 0 Å². The Bertz CT molecular complexity index is 233. The monoisotopic (exact) mass is 239 g/mol. The lowest BCUT2D eigenvalue weighted by Crippen LogP contribution is -2.39. The van der Waals surface area contributed by atoms with Crippen LogP contribution < -0.4 is 10.6 Å². The summed E-state index contributed by atoms with van der Waals surface area (Å²) in [5.41, 5.74) is 0. The van der Waals surface area contributed by atoms with Crippen molar-refractivity contribution >= 4 is 5.91 Å². The van der Waals surface area contributed by atoms with Gasteiger partial charge in [-0.25, -0.2) is 0 Å². The van der Waals surface area contributed by atoms with E-state index in [0.29, 0.717) is 0 Å². The van der Waals surface area contributed by atoms with Crippen LogP contribution in [0.4, 0.5) is 0 Å². The molecule has 0 spiro atoms. The highest BCUT2D eigenvalue weighted by molar-refractivity contribution is 5.78. The molecule has 17 heavy (non-hydrogen) atoms. The molecule has 0 aromatic heterocycles. The first-order valence-electron chi connectivity index (χ1n) is 7.07. The topological polar surface area (TPSA) is 44.4 Å². The normalized spacial score (nSPS) is 22.8. The molecule has 2 aliphatic rings. The van der Waals surface area contributed by atoms with Crippen LogP contribution in [0, 0.1) is 5.92 Å². The lowest BCUT2D eigenvalue weighted by Gasteiger charge is -2.22. The molecule has 1 amide bonds. The molecule has 0 saturated carbocycles. The molecule has 2 N–H and O–H groups in total. The van der Waals surface area contributed by atoms with Gasteiger partial charge in [-0.3, -0.25) is 4.79 Å². The molecule has 2 heterocycles. The number of carbonyl (C=O) groups is 1. The summed E-state index contributed by atoms with van der Waals surface area (Å²) >= 11 is 0. The maximum atomic E-state index is 11.8. The largest absolute Gasteiger partial charge is 0.356 e. The van der Waals surface area contributed by atoms with E-state index in [4.69, 9.17) is 0 Å². The summed E-state index contributed by atoms with van der Waals surface area (Å²) in [6.45, 7) is 6.48. The molecule has 2 aliphatic heterocycles. The second-order valence-corrected chi connectivity index (χ2v) is 5.22. The summed E-state index contributed by atoms with van der Waals surface area (Å²) in [6, 6.07) is 0. The number of nitrogens with zero attached hydrogens (tertiary/aromatic N) is 1. The third-order valence-corrected chi connectivity index (χ3v) is 3.86. The van der Waals surface area contributed by atoms with Gasteiger partial charge in [-0.1, -0.05) is 0 Å². The predicted octanol–water partition coefficient (Wildman–Crippen LogP) is 0.588. The highest BCUT2D eigenvalue weighted by atomic mass is 16.1. The highest BCUT2D eigenvalue weighted by Gasteiger charge is 2.20. The molecule has 98 valence electrons. The first kappa shape index (κ1) is 12.8. The van der Waals surface area contributed by atoms with Crippen molar-refractivity contribution in [2.24, 2.45) is 5.92 Å². The Morgan fingerprint density at radius 2 is 1.94 bits per heavy atom. The Morgan fingerprint density at radius 1 is 1.24 bits per heavy atom. The van der Waals surface area contributed by atoms with E-state index in [-0.39, 0.29) is 11.8 Å². The maximum absolute atomic E-state index is 11.8. The van der Waals surface area contributed by atoms with Crippen LogP contribution in [0.2, 0.25) is 0 Å².